The SMILES string of the molecule is CCC(=O)NC1CCC(NC(=O)OC(C)C)CC1. The van der Waals surface area contributed by atoms with E-state index in [1.165, 1.54) is 0 Å². The molecular weight excluding hydrogens is 232 g/mol. The molecule has 1 aliphatic rings. The molecule has 18 heavy (non-hydrogen) atoms. The van der Waals surface area contributed by atoms with Crippen LogP contribution in [0.3, 0.4) is 0 Å². The first-order chi connectivity index (χ1) is 8.51. The second-order valence-electron chi connectivity index (χ2n) is 5.07. The summed E-state index contributed by atoms with van der Waals surface area (Å²) in [7, 11) is 0. The van der Waals surface area contributed by atoms with E-state index < -0.39 is 0 Å². The molecule has 104 valence electrons. The molecule has 0 aromatic rings. The molecule has 2 N–H and O–H groups in total. The molecule has 0 bridgehead atoms. The summed E-state index contributed by atoms with van der Waals surface area (Å²) in [6.07, 6.45) is 3.70. The topological polar surface area (TPSA) is 67.4 Å². The van der Waals surface area contributed by atoms with Crippen LogP contribution >= 0.6 is 0 Å². The summed E-state index contributed by atoms with van der Waals surface area (Å²) < 4.78 is 5.04. The molecule has 0 aliphatic heterocycles. The molecule has 5 heteroatoms. The summed E-state index contributed by atoms with van der Waals surface area (Å²) in [5, 5.41) is 5.86. The van der Waals surface area contributed by atoms with Gasteiger partial charge in [-0.15, -0.1) is 0 Å². The van der Waals surface area contributed by atoms with E-state index in [1.54, 1.807) is 0 Å². The van der Waals surface area contributed by atoms with Crippen molar-refractivity contribution in [2.45, 2.75) is 71.1 Å². The van der Waals surface area contributed by atoms with Crippen molar-refractivity contribution in [1.82, 2.24) is 10.6 Å². The highest BCUT2D eigenvalue weighted by atomic mass is 16.6. The molecule has 1 saturated carbocycles. The first kappa shape index (κ1) is 14.8. The molecule has 0 saturated heterocycles. The van der Waals surface area contributed by atoms with Crippen LogP contribution in [0.4, 0.5) is 4.79 Å². The lowest BCUT2D eigenvalue weighted by molar-refractivity contribution is -0.121. The van der Waals surface area contributed by atoms with E-state index in [9.17, 15) is 9.59 Å². The average Bonchev–Trinajstić information content (AvgIpc) is 2.30. The molecular formula is C13H24N2O3. The largest absolute Gasteiger partial charge is 0.447 e. The zero-order valence-electron chi connectivity index (χ0n) is 11.5. The Morgan fingerprint density at radius 2 is 1.61 bits per heavy atom. The van der Waals surface area contributed by atoms with Gasteiger partial charge in [0.2, 0.25) is 5.91 Å². The lowest BCUT2D eigenvalue weighted by Gasteiger charge is -2.29. The van der Waals surface area contributed by atoms with Crippen LogP contribution in [0, 0.1) is 0 Å². The molecule has 0 aromatic heterocycles. The van der Waals surface area contributed by atoms with E-state index in [0.717, 1.165) is 25.7 Å². The van der Waals surface area contributed by atoms with E-state index in [2.05, 4.69) is 10.6 Å². The fraction of sp³-hybridized carbons (Fsp3) is 0.846. The van der Waals surface area contributed by atoms with Crippen LogP contribution in [0.5, 0.6) is 0 Å². The van der Waals surface area contributed by atoms with Gasteiger partial charge >= 0.3 is 6.09 Å². The second kappa shape index (κ2) is 7.24. The first-order valence-electron chi connectivity index (χ1n) is 6.77. The number of nitrogens with one attached hydrogen (secondary N) is 2. The van der Waals surface area contributed by atoms with Crippen molar-refractivity contribution in [3.63, 3.8) is 0 Å². The van der Waals surface area contributed by atoms with E-state index in [0.29, 0.717) is 6.42 Å². The average molecular weight is 256 g/mol. The van der Waals surface area contributed by atoms with Crippen LogP contribution in [0.25, 0.3) is 0 Å². The van der Waals surface area contributed by atoms with Gasteiger partial charge in [0.1, 0.15) is 0 Å². The van der Waals surface area contributed by atoms with Gasteiger partial charge in [-0.25, -0.2) is 4.79 Å². The van der Waals surface area contributed by atoms with Crippen molar-refractivity contribution in [2.24, 2.45) is 0 Å². The summed E-state index contributed by atoms with van der Waals surface area (Å²) in [5.74, 6) is 0.102. The number of hydrogen-bond acceptors (Lipinski definition) is 3. The van der Waals surface area contributed by atoms with Crippen molar-refractivity contribution >= 4 is 12.0 Å². The van der Waals surface area contributed by atoms with E-state index in [4.69, 9.17) is 4.74 Å². The molecule has 1 rings (SSSR count). The predicted molar refractivity (Wildman–Crippen MR) is 69.2 cm³/mol. The van der Waals surface area contributed by atoms with Gasteiger partial charge in [-0.1, -0.05) is 6.92 Å². The Morgan fingerprint density at radius 3 is 2.06 bits per heavy atom. The molecule has 1 fully saturated rings. The number of carbonyl (C=O) groups is 2. The van der Waals surface area contributed by atoms with Crippen LogP contribution in [0.2, 0.25) is 0 Å². The molecule has 0 atom stereocenters. The fourth-order valence-corrected chi connectivity index (χ4v) is 2.13. The minimum Gasteiger partial charge on any atom is -0.447 e. The van der Waals surface area contributed by atoms with E-state index in [1.807, 2.05) is 20.8 Å². The molecule has 0 heterocycles. The summed E-state index contributed by atoms with van der Waals surface area (Å²) >= 11 is 0. The van der Waals surface area contributed by atoms with Gasteiger partial charge < -0.3 is 15.4 Å². The van der Waals surface area contributed by atoms with E-state index in [-0.39, 0.29) is 30.2 Å². The zero-order valence-corrected chi connectivity index (χ0v) is 11.5. The van der Waals surface area contributed by atoms with Crippen LogP contribution in [0.15, 0.2) is 0 Å². The third-order valence-electron chi connectivity index (χ3n) is 3.08. The van der Waals surface area contributed by atoms with Gasteiger partial charge in [0.25, 0.3) is 0 Å². The summed E-state index contributed by atoms with van der Waals surface area (Å²) in [6.45, 7) is 5.51. The van der Waals surface area contributed by atoms with Crippen LogP contribution < -0.4 is 10.6 Å². The van der Waals surface area contributed by atoms with Crippen molar-refractivity contribution in [3.8, 4) is 0 Å². The summed E-state index contributed by atoms with van der Waals surface area (Å²) in [4.78, 5) is 22.7. The van der Waals surface area contributed by atoms with Gasteiger partial charge in [-0.3, -0.25) is 4.79 Å². The van der Waals surface area contributed by atoms with Crippen molar-refractivity contribution in [2.75, 3.05) is 0 Å². The molecule has 2 amide bonds. The molecule has 0 radical (unpaired) electrons. The number of carbonyl (C=O) groups excluding carboxylic acids is 2. The Morgan fingerprint density at radius 1 is 1.11 bits per heavy atom. The van der Waals surface area contributed by atoms with Gasteiger partial charge in [-0.05, 0) is 39.5 Å². The maximum absolute atomic E-state index is 11.4. The monoisotopic (exact) mass is 256 g/mol. The highest BCUT2D eigenvalue weighted by Gasteiger charge is 2.23. The Hall–Kier alpha value is -1.26. The lowest BCUT2D eigenvalue weighted by Crippen LogP contribution is -2.44. The predicted octanol–water partition coefficient (Wildman–Crippen LogP) is 1.96. The van der Waals surface area contributed by atoms with Crippen molar-refractivity contribution < 1.29 is 14.3 Å². The van der Waals surface area contributed by atoms with Gasteiger partial charge in [-0.2, -0.15) is 0 Å². The van der Waals surface area contributed by atoms with E-state index >= 15 is 0 Å². The highest BCUT2D eigenvalue weighted by Crippen LogP contribution is 2.18. The standard InChI is InChI=1S/C13H24N2O3/c1-4-12(16)14-10-5-7-11(8-6-10)15-13(17)18-9(2)3/h9-11H,4-8H2,1-3H3,(H,14,16)(H,15,17). The maximum Gasteiger partial charge on any atom is 0.407 e. The van der Waals surface area contributed by atoms with Crippen LogP contribution in [0.1, 0.15) is 52.9 Å². The first-order valence-corrected chi connectivity index (χ1v) is 6.77. The molecule has 0 unspecified atom stereocenters. The number of rotatable bonds is 4. The van der Waals surface area contributed by atoms with Gasteiger partial charge in [0.05, 0.1) is 6.10 Å². The highest BCUT2D eigenvalue weighted by molar-refractivity contribution is 5.75. The molecule has 0 spiro atoms. The van der Waals surface area contributed by atoms with Crippen LogP contribution in [-0.4, -0.2) is 30.2 Å². The van der Waals surface area contributed by atoms with Crippen molar-refractivity contribution in [1.29, 1.82) is 0 Å². The Kier molecular flexibility index (Phi) is 5.95. The summed E-state index contributed by atoms with van der Waals surface area (Å²) in [6, 6.07) is 0.433. The maximum atomic E-state index is 11.4. The fourth-order valence-electron chi connectivity index (χ4n) is 2.13. The smallest absolute Gasteiger partial charge is 0.407 e. The van der Waals surface area contributed by atoms with Gasteiger partial charge in [0.15, 0.2) is 0 Å². The van der Waals surface area contributed by atoms with Crippen molar-refractivity contribution in [3.05, 3.63) is 0 Å². The Bertz CT molecular complexity index is 284. The number of alkyl carbamates (subject to hydrolysis) is 1. The minimum atomic E-state index is -0.342. The zero-order chi connectivity index (χ0) is 13.5. The lowest BCUT2D eigenvalue weighted by atomic mass is 9.91. The minimum absolute atomic E-state index is 0.0924. The Balaban J connectivity index is 2.23. The third-order valence-corrected chi connectivity index (χ3v) is 3.08. The van der Waals surface area contributed by atoms with Crippen LogP contribution in [-0.2, 0) is 9.53 Å². The Labute approximate surface area is 109 Å². The molecule has 1 aliphatic carbocycles. The second-order valence-corrected chi connectivity index (χ2v) is 5.07. The normalized spacial score (nSPS) is 23.6. The van der Waals surface area contributed by atoms with Gasteiger partial charge in [0, 0.05) is 18.5 Å². The molecule has 5 nitrogen and oxygen atoms in total. The number of ether oxygens (including phenoxy) is 1. The quantitative estimate of drug-likeness (QED) is 0.808. The third kappa shape index (κ3) is 5.38. The number of amides is 2. The number of hydrogen-bond donors (Lipinski definition) is 2. The molecule has 0 aromatic carbocycles. The summed E-state index contributed by atoms with van der Waals surface area (Å²) in [5.41, 5.74) is 0.